The highest BCUT2D eigenvalue weighted by molar-refractivity contribution is 6.04. The predicted molar refractivity (Wildman–Crippen MR) is 268 cm³/mol. The summed E-state index contributed by atoms with van der Waals surface area (Å²) in [4.78, 5) is 2.34. The van der Waals surface area contributed by atoms with E-state index in [9.17, 15) is 15.3 Å². The molecule has 9 aromatic rings. The van der Waals surface area contributed by atoms with Crippen molar-refractivity contribution in [3.05, 3.63) is 214 Å². The molecule has 0 amide bonds. The first-order valence-electron chi connectivity index (χ1n) is 22.9. The molecule has 0 saturated carbocycles. The quantitative estimate of drug-likeness (QED) is 0.119. The third-order valence-corrected chi connectivity index (χ3v) is 14.6. The SMILES string of the molecule is CC.CCc1c(C)c(O)c(-c2ccc(N(c3ccc4c(c3)C(C)(C)c3ccccc3-4)c3ccc4c(c3)C3(c5ccccc5-c5ccccc53)c3c-4ccc4ccccc34)cc2)c(O)c1O. The molecule has 3 N–H and O–H groups in total. The first-order chi connectivity index (χ1) is 31.6. The number of nitrogens with zero attached hydrogens (tertiary/aromatic N) is 1. The van der Waals surface area contributed by atoms with Gasteiger partial charge in [0.15, 0.2) is 11.5 Å². The number of rotatable bonds is 5. The summed E-state index contributed by atoms with van der Waals surface area (Å²) in [5, 5.41) is 36.2. The molecule has 4 heteroatoms. The van der Waals surface area contributed by atoms with E-state index in [1.165, 1.54) is 77.5 Å². The Balaban J connectivity index is 0.00000231. The van der Waals surface area contributed by atoms with Gasteiger partial charge in [0.1, 0.15) is 5.75 Å². The molecule has 0 heterocycles. The third kappa shape index (κ3) is 5.43. The summed E-state index contributed by atoms with van der Waals surface area (Å²) in [5.74, 6) is -0.528. The van der Waals surface area contributed by atoms with Gasteiger partial charge in [0.2, 0.25) is 0 Å². The Morgan fingerprint density at radius 2 is 0.954 bits per heavy atom. The summed E-state index contributed by atoms with van der Waals surface area (Å²) in [5.41, 5.74) is 19.4. The topological polar surface area (TPSA) is 63.9 Å². The Labute approximate surface area is 381 Å². The normalized spacial score (nSPS) is 13.9. The molecule has 0 radical (unpaired) electrons. The van der Waals surface area contributed by atoms with Crippen LogP contribution in [0.25, 0.3) is 55.3 Å². The summed E-state index contributed by atoms with van der Waals surface area (Å²) >= 11 is 0. The molecule has 0 saturated heterocycles. The average Bonchev–Trinajstić information content (AvgIpc) is 3.90. The molecular formula is C61H51NO3. The Morgan fingerprint density at radius 3 is 1.58 bits per heavy atom. The summed E-state index contributed by atoms with van der Waals surface area (Å²) in [6.07, 6.45) is 0.482. The van der Waals surface area contributed by atoms with Crippen molar-refractivity contribution in [1.82, 2.24) is 0 Å². The Kier molecular flexibility index (Phi) is 9.13. The van der Waals surface area contributed by atoms with Gasteiger partial charge in [-0.25, -0.2) is 0 Å². The lowest BCUT2D eigenvalue weighted by Gasteiger charge is -2.33. The number of anilines is 3. The van der Waals surface area contributed by atoms with E-state index in [1.54, 1.807) is 6.92 Å². The molecule has 0 bridgehead atoms. The highest BCUT2D eigenvalue weighted by atomic mass is 16.3. The smallest absolute Gasteiger partial charge is 0.169 e. The first-order valence-corrected chi connectivity index (χ1v) is 22.9. The maximum atomic E-state index is 11.4. The molecule has 0 fully saturated rings. The zero-order valence-electron chi connectivity index (χ0n) is 37.7. The lowest BCUT2D eigenvalue weighted by atomic mass is 9.69. The van der Waals surface area contributed by atoms with Crippen molar-refractivity contribution in [2.75, 3.05) is 4.90 Å². The van der Waals surface area contributed by atoms with Gasteiger partial charge >= 0.3 is 0 Å². The van der Waals surface area contributed by atoms with E-state index in [4.69, 9.17) is 0 Å². The van der Waals surface area contributed by atoms with Crippen molar-refractivity contribution in [3.63, 3.8) is 0 Å². The van der Waals surface area contributed by atoms with Crippen LogP contribution in [0.3, 0.4) is 0 Å². The minimum absolute atomic E-state index is 0.0275. The van der Waals surface area contributed by atoms with E-state index in [2.05, 4.69) is 164 Å². The zero-order chi connectivity index (χ0) is 44.9. The second-order valence-electron chi connectivity index (χ2n) is 17.9. The zero-order valence-corrected chi connectivity index (χ0v) is 37.7. The standard InChI is InChI=1S/C59H45NO3.C2H6/c1-5-40-34(2)55(61)53(57(63)56(40)62)36-22-25-37(26-23-36)60(38-27-30-45-42-16-8-11-19-48(42)58(3,4)51(45)32-38)39-28-31-46-47-29-24-35-14-6-7-15-41(35)54(47)59(52(46)33-39)49-20-12-9-17-43(49)44-18-10-13-21-50(44)59;1-2/h6-33,61-63H,5H2,1-4H3;1-2H3. The summed E-state index contributed by atoms with van der Waals surface area (Å²) in [6, 6.07) is 61.9. The molecule has 0 aromatic heterocycles. The van der Waals surface area contributed by atoms with Crippen molar-refractivity contribution >= 4 is 27.8 Å². The molecular weight excluding hydrogens is 795 g/mol. The number of hydrogen-bond donors (Lipinski definition) is 3. The van der Waals surface area contributed by atoms with E-state index in [0.717, 1.165) is 17.1 Å². The molecule has 0 atom stereocenters. The Bertz CT molecular complexity index is 3340. The molecule has 3 aliphatic rings. The first kappa shape index (κ1) is 40.2. The Hall–Kier alpha value is -7.56. The summed E-state index contributed by atoms with van der Waals surface area (Å²) < 4.78 is 0. The highest BCUT2D eigenvalue weighted by Crippen LogP contribution is 2.65. The van der Waals surface area contributed by atoms with Crippen molar-refractivity contribution in [1.29, 1.82) is 0 Å². The van der Waals surface area contributed by atoms with Crippen molar-refractivity contribution in [2.45, 2.75) is 58.8 Å². The fourth-order valence-corrected chi connectivity index (χ4v) is 11.7. The van der Waals surface area contributed by atoms with E-state index in [-0.39, 0.29) is 28.2 Å². The molecule has 1 spiro atoms. The van der Waals surface area contributed by atoms with E-state index in [0.29, 0.717) is 23.1 Å². The van der Waals surface area contributed by atoms with E-state index < -0.39 is 5.41 Å². The van der Waals surface area contributed by atoms with Crippen LogP contribution in [0.1, 0.15) is 79.1 Å². The number of phenols is 3. The van der Waals surface area contributed by atoms with Crippen molar-refractivity contribution in [2.24, 2.45) is 0 Å². The van der Waals surface area contributed by atoms with Crippen LogP contribution in [-0.2, 0) is 17.3 Å². The van der Waals surface area contributed by atoms with Crippen LogP contribution in [0.5, 0.6) is 17.2 Å². The van der Waals surface area contributed by atoms with Crippen molar-refractivity contribution in [3.8, 4) is 61.8 Å². The molecule has 4 nitrogen and oxygen atoms in total. The van der Waals surface area contributed by atoms with Gasteiger partial charge in [-0.3, -0.25) is 0 Å². The number of aromatic hydroxyl groups is 3. The van der Waals surface area contributed by atoms with Gasteiger partial charge in [-0.1, -0.05) is 168 Å². The van der Waals surface area contributed by atoms with Gasteiger partial charge in [0.05, 0.1) is 11.0 Å². The molecule has 12 rings (SSSR count). The van der Waals surface area contributed by atoms with Crippen LogP contribution in [0.4, 0.5) is 17.1 Å². The second kappa shape index (κ2) is 14.8. The van der Waals surface area contributed by atoms with Crippen LogP contribution >= 0.6 is 0 Å². The second-order valence-corrected chi connectivity index (χ2v) is 17.9. The number of hydrogen-bond acceptors (Lipinski definition) is 4. The number of fused-ring (bicyclic) bond motifs is 15. The van der Waals surface area contributed by atoms with Crippen LogP contribution in [0, 0.1) is 6.92 Å². The molecule has 0 unspecified atom stereocenters. The summed E-state index contributed by atoms with van der Waals surface area (Å²) in [7, 11) is 0. The lowest BCUT2D eigenvalue weighted by Crippen LogP contribution is -2.26. The fraction of sp³-hybridized carbons (Fsp3) is 0.148. The van der Waals surface area contributed by atoms with E-state index in [1.807, 2.05) is 45.0 Å². The van der Waals surface area contributed by atoms with Crippen LogP contribution in [-0.4, -0.2) is 15.3 Å². The molecule has 65 heavy (non-hydrogen) atoms. The predicted octanol–water partition coefficient (Wildman–Crippen LogP) is 15.6. The van der Waals surface area contributed by atoms with Gasteiger partial charge in [0, 0.05) is 28.0 Å². The molecule has 9 aromatic carbocycles. The number of benzene rings is 9. The van der Waals surface area contributed by atoms with Crippen LogP contribution in [0.2, 0.25) is 0 Å². The van der Waals surface area contributed by atoms with Crippen LogP contribution in [0.15, 0.2) is 170 Å². The van der Waals surface area contributed by atoms with Gasteiger partial charge in [-0.2, -0.15) is 0 Å². The summed E-state index contributed by atoms with van der Waals surface area (Å²) in [6.45, 7) is 12.3. The monoisotopic (exact) mass is 845 g/mol. The minimum atomic E-state index is -0.564. The largest absolute Gasteiger partial charge is 0.507 e. The Morgan fingerprint density at radius 1 is 0.462 bits per heavy atom. The van der Waals surface area contributed by atoms with Gasteiger partial charge in [0.25, 0.3) is 0 Å². The lowest BCUT2D eigenvalue weighted by molar-refractivity contribution is 0.393. The van der Waals surface area contributed by atoms with Gasteiger partial charge < -0.3 is 20.2 Å². The third-order valence-electron chi connectivity index (χ3n) is 14.6. The molecule has 3 aliphatic carbocycles. The van der Waals surface area contributed by atoms with Gasteiger partial charge in [-0.15, -0.1) is 0 Å². The maximum absolute atomic E-state index is 11.4. The number of phenolic OH excluding ortho intramolecular Hbond substituents is 3. The molecule has 318 valence electrons. The molecule has 0 aliphatic heterocycles. The maximum Gasteiger partial charge on any atom is 0.169 e. The highest BCUT2D eigenvalue weighted by Gasteiger charge is 2.52. The van der Waals surface area contributed by atoms with E-state index >= 15 is 0 Å². The van der Waals surface area contributed by atoms with Crippen molar-refractivity contribution < 1.29 is 15.3 Å². The minimum Gasteiger partial charge on any atom is -0.507 e. The fourth-order valence-electron chi connectivity index (χ4n) is 11.7. The van der Waals surface area contributed by atoms with Crippen LogP contribution < -0.4 is 4.90 Å². The van der Waals surface area contributed by atoms with Gasteiger partial charge in [-0.05, 0) is 138 Å². The average molecular weight is 846 g/mol.